The minimum absolute atomic E-state index is 0.136. The maximum Gasteiger partial charge on any atom is 0.219 e. The molecule has 0 spiro atoms. The summed E-state index contributed by atoms with van der Waals surface area (Å²) in [5.41, 5.74) is 4.23. The van der Waals surface area contributed by atoms with Crippen LogP contribution in [-0.2, 0) is 6.54 Å². The van der Waals surface area contributed by atoms with E-state index >= 15 is 0 Å². The van der Waals surface area contributed by atoms with Gasteiger partial charge in [0.05, 0.1) is 5.52 Å². The lowest BCUT2D eigenvalue weighted by Gasteiger charge is -2.26. The molecule has 0 radical (unpaired) electrons. The van der Waals surface area contributed by atoms with E-state index in [0.717, 1.165) is 42.5 Å². The number of hydrogen-bond acceptors (Lipinski definition) is 3. The molecular formula is C21H20N2O. The van der Waals surface area contributed by atoms with Gasteiger partial charge in [-0.25, -0.2) is 4.98 Å². The molecule has 1 aromatic heterocycles. The van der Waals surface area contributed by atoms with Crippen LogP contribution >= 0.6 is 0 Å². The normalized spacial score (nSPS) is 15.4. The Morgan fingerprint density at radius 1 is 1.00 bits per heavy atom. The molecule has 2 aromatic carbocycles. The third-order valence-corrected chi connectivity index (χ3v) is 4.59. The first-order chi connectivity index (χ1) is 11.8. The van der Waals surface area contributed by atoms with E-state index in [-0.39, 0.29) is 5.88 Å². The Hall–Kier alpha value is -2.65. The van der Waals surface area contributed by atoms with Crippen LogP contribution in [-0.4, -0.2) is 28.1 Å². The van der Waals surface area contributed by atoms with Crippen LogP contribution in [0.2, 0.25) is 0 Å². The van der Waals surface area contributed by atoms with E-state index in [2.05, 4.69) is 46.3 Å². The number of para-hydroxylation sites is 1. The Labute approximate surface area is 141 Å². The predicted octanol–water partition coefficient (Wildman–Crippen LogP) is 4.23. The van der Waals surface area contributed by atoms with Gasteiger partial charge in [-0.1, -0.05) is 54.6 Å². The second-order valence-electron chi connectivity index (χ2n) is 6.25. The van der Waals surface area contributed by atoms with Gasteiger partial charge < -0.3 is 5.11 Å². The quantitative estimate of drug-likeness (QED) is 0.785. The lowest BCUT2D eigenvalue weighted by atomic mass is 9.98. The molecule has 4 rings (SSSR count). The minimum atomic E-state index is 0.136. The molecule has 1 aliphatic rings. The number of hydrogen-bond donors (Lipinski definition) is 1. The summed E-state index contributed by atoms with van der Waals surface area (Å²) in [6.07, 6.45) is 3.15. The van der Waals surface area contributed by atoms with Crippen molar-refractivity contribution in [3.05, 3.63) is 77.9 Å². The molecule has 24 heavy (non-hydrogen) atoms. The van der Waals surface area contributed by atoms with Gasteiger partial charge in [-0.15, -0.1) is 0 Å². The standard InChI is InChI=1S/C21H20N2O/c24-21-19(14-18-8-4-5-9-20(18)22-21)17-10-12-23(13-11-17)15-16-6-2-1-3-7-16/h1-10,14H,11-13,15H2,(H,22,24). The van der Waals surface area contributed by atoms with Crippen molar-refractivity contribution in [2.24, 2.45) is 0 Å². The molecular weight excluding hydrogens is 296 g/mol. The average Bonchev–Trinajstić information content (AvgIpc) is 2.63. The third-order valence-electron chi connectivity index (χ3n) is 4.59. The molecule has 3 nitrogen and oxygen atoms in total. The summed E-state index contributed by atoms with van der Waals surface area (Å²) in [7, 11) is 0. The highest BCUT2D eigenvalue weighted by molar-refractivity contribution is 5.84. The molecule has 0 unspecified atom stereocenters. The summed E-state index contributed by atoms with van der Waals surface area (Å²) >= 11 is 0. The van der Waals surface area contributed by atoms with Crippen LogP contribution in [0.3, 0.4) is 0 Å². The second-order valence-corrected chi connectivity index (χ2v) is 6.25. The first kappa shape index (κ1) is 14.9. The molecule has 120 valence electrons. The van der Waals surface area contributed by atoms with Crippen molar-refractivity contribution < 1.29 is 5.11 Å². The van der Waals surface area contributed by atoms with Gasteiger partial charge in [0.15, 0.2) is 0 Å². The maximum atomic E-state index is 10.3. The summed E-state index contributed by atoms with van der Waals surface area (Å²) in [6.45, 7) is 2.86. The molecule has 0 aliphatic carbocycles. The monoisotopic (exact) mass is 316 g/mol. The molecule has 3 aromatic rings. The van der Waals surface area contributed by atoms with Crippen LogP contribution < -0.4 is 0 Å². The SMILES string of the molecule is Oc1nc2ccccc2cc1C1=CCN(Cc2ccccc2)CC1. The largest absolute Gasteiger partial charge is 0.493 e. The van der Waals surface area contributed by atoms with Gasteiger partial charge in [0.25, 0.3) is 0 Å². The first-order valence-electron chi connectivity index (χ1n) is 8.34. The predicted molar refractivity (Wildman–Crippen MR) is 97.7 cm³/mol. The van der Waals surface area contributed by atoms with Gasteiger partial charge in [-0.2, -0.15) is 0 Å². The summed E-state index contributed by atoms with van der Waals surface area (Å²) in [6, 6.07) is 20.5. The van der Waals surface area contributed by atoms with Crippen LogP contribution in [0.15, 0.2) is 66.7 Å². The molecule has 0 amide bonds. The zero-order valence-electron chi connectivity index (χ0n) is 13.5. The Morgan fingerprint density at radius 2 is 1.79 bits per heavy atom. The lowest BCUT2D eigenvalue weighted by Crippen LogP contribution is -2.28. The topological polar surface area (TPSA) is 36.4 Å². The molecule has 3 heteroatoms. The van der Waals surface area contributed by atoms with E-state index in [0.29, 0.717) is 0 Å². The van der Waals surface area contributed by atoms with Gasteiger partial charge in [-0.3, -0.25) is 4.90 Å². The maximum absolute atomic E-state index is 10.3. The Bertz CT molecular complexity index is 887. The third kappa shape index (κ3) is 3.03. The molecule has 0 saturated heterocycles. The van der Waals surface area contributed by atoms with E-state index in [1.165, 1.54) is 11.1 Å². The van der Waals surface area contributed by atoms with Crippen molar-refractivity contribution in [2.45, 2.75) is 13.0 Å². The van der Waals surface area contributed by atoms with Crippen LogP contribution in [0.4, 0.5) is 0 Å². The Morgan fingerprint density at radius 3 is 2.58 bits per heavy atom. The number of nitrogens with zero attached hydrogens (tertiary/aromatic N) is 2. The van der Waals surface area contributed by atoms with E-state index in [4.69, 9.17) is 0 Å². The number of fused-ring (bicyclic) bond motifs is 1. The number of benzene rings is 2. The smallest absolute Gasteiger partial charge is 0.219 e. The summed E-state index contributed by atoms with van der Waals surface area (Å²) in [4.78, 5) is 6.76. The van der Waals surface area contributed by atoms with Gasteiger partial charge in [0.1, 0.15) is 0 Å². The van der Waals surface area contributed by atoms with Crippen LogP contribution in [0.1, 0.15) is 17.5 Å². The first-order valence-corrected chi connectivity index (χ1v) is 8.34. The van der Waals surface area contributed by atoms with Crippen molar-refractivity contribution >= 4 is 16.5 Å². The van der Waals surface area contributed by atoms with Gasteiger partial charge in [0.2, 0.25) is 5.88 Å². The van der Waals surface area contributed by atoms with Gasteiger partial charge in [0, 0.05) is 30.6 Å². The Balaban J connectivity index is 1.55. The van der Waals surface area contributed by atoms with Crippen molar-refractivity contribution in [1.29, 1.82) is 0 Å². The van der Waals surface area contributed by atoms with E-state index in [1.807, 2.05) is 30.3 Å². The fraction of sp³-hybridized carbons (Fsp3) is 0.190. The van der Waals surface area contributed by atoms with Gasteiger partial charge in [-0.05, 0) is 29.7 Å². The summed E-state index contributed by atoms with van der Waals surface area (Å²) < 4.78 is 0. The summed E-state index contributed by atoms with van der Waals surface area (Å²) in [5.74, 6) is 0.136. The van der Waals surface area contributed by atoms with E-state index in [1.54, 1.807) is 0 Å². The van der Waals surface area contributed by atoms with Crippen LogP contribution in [0, 0.1) is 0 Å². The van der Waals surface area contributed by atoms with Crippen molar-refractivity contribution in [3.63, 3.8) is 0 Å². The molecule has 0 fully saturated rings. The average molecular weight is 316 g/mol. The van der Waals surface area contributed by atoms with Crippen LogP contribution in [0.25, 0.3) is 16.5 Å². The highest BCUT2D eigenvalue weighted by Crippen LogP contribution is 2.31. The Kier molecular flexibility index (Phi) is 4.01. The lowest BCUT2D eigenvalue weighted by molar-refractivity contribution is 0.293. The fourth-order valence-electron chi connectivity index (χ4n) is 3.28. The molecule has 2 heterocycles. The molecule has 0 bridgehead atoms. The highest BCUT2D eigenvalue weighted by Gasteiger charge is 2.16. The van der Waals surface area contributed by atoms with Crippen molar-refractivity contribution in [3.8, 4) is 5.88 Å². The minimum Gasteiger partial charge on any atom is -0.493 e. The molecule has 1 N–H and O–H groups in total. The van der Waals surface area contributed by atoms with Crippen molar-refractivity contribution in [2.75, 3.05) is 13.1 Å². The number of aromatic hydroxyl groups is 1. The van der Waals surface area contributed by atoms with Gasteiger partial charge >= 0.3 is 0 Å². The summed E-state index contributed by atoms with van der Waals surface area (Å²) in [5, 5.41) is 11.4. The zero-order valence-corrected chi connectivity index (χ0v) is 13.5. The number of aromatic nitrogens is 1. The second kappa shape index (κ2) is 6.46. The highest BCUT2D eigenvalue weighted by atomic mass is 16.3. The van der Waals surface area contributed by atoms with E-state index in [9.17, 15) is 5.11 Å². The molecule has 0 atom stereocenters. The number of pyridine rings is 1. The number of rotatable bonds is 3. The van der Waals surface area contributed by atoms with Crippen LogP contribution in [0.5, 0.6) is 5.88 Å². The fourth-order valence-corrected chi connectivity index (χ4v) is 3.28. The van der Waals surface area contributed by atoms with Crippen molar-refractivity contribution in [1.82, 2.24) is 9.88 Å². The molecule has 0 saturated carbocycles. The molecule has 1 aliphatic heterocycles. The zero-order chi connectivity index (χ0) is 16.4. The van der Waals surface area contributed by atoms with E-state index < -0.39 is 0 Å².